The Morgan fingerprint density at radius 2 is 1.67 bits per heavy atom. The molecule has 0 aliphatic heterocycles. The molecule has 0 aromatic heterocycles. The molecule has 2 aromatic rings. The Morgan fingerprint density at radius 1 is 0.952 bits per heavy atom. The monoisotopic (exact) mass is 291 g/mol. The van der Waals surface area contributed by atoms with Gasteiger partial charge in [-0.2, -0.15) is 0 Å². The maximum absolute atomic E-state index is 13.1. The zero-order chi connectivity index (χ0) is 15.2. The SMILES string of the molecule is CC(C)Oc1cccc(CNCc2ccc(F)c(F)c2)c1. The van der Waals surface area contributed by atoms with Gasteiger partial charge in [0.15, 0.2) is 11.6 Å². The minimum Gasteiger partial charge on any atom is -0.491 e. The van der Waals surface area contributed by atoms with Crippen LogP contribution in [0.15, 0.2) is 42.5 Å². The van der Waals surface area contributed by atoms with E-state index in [2.05, 4.69) is 5.32 Å². The van der Waals surface area contributed by atoms with E-state index in [-0.39, 0.29) is 6.10 Å². The van der Waals surface area contributed by atoms with Gasteiger partial charge in [0.05, 0.1) is 6.10 Å². The van der Waals surface area contributed by atoms with Crippen LogP contribution in [0.1, 0.15) is 25.0 Å². The summed E-state index contributed by atoms with van der Waals surface area (Å²) in [5.74, 6) is -0.809. The van der Waals surface area contributed by atoms with Crippen molar-refractivity contribution in [3.05, 3.63) is 65.2 Å². The fourth-order valence-corrected chi connectivity index (χ4v) is 2.00. The highest BCUT2D eigenvalue weighted by Gasteiger charge is 2.03. The normalized spacial score (nSPS) is 10.9. The van der Waals surface area contributed by atoms with Gasteiger partial charge < -0.3 is 10.1 Å². The zero-order valence-electron chi connectivity index (χ0n) is 12.2. The van der Waals surface area contributed by atoms with E-state index < -0.39 is 11.6 Å². The van der Waals surface area contributed by atoms with E-state index in [0.29, 0.717) is 18.7 Å². The van der Waals surface area contributed by atoms with Crippen molar-refractivity contribution >= 4 is 0 Å². The molecule has 0 aliphatic carbocycles. The first-order valence-corrected chi connectivity index (χ1v) is 6.95. The average molecular weight is 291 g/mol. The van der Waals surface area contributed by atoms with Crippen molar-refractivity contribution in [2.45, 2.75) is 33.0 Å². The summed E-state index contributed by atoms with van der Waals surface area (Å²) in [5, 5.41) is 3.20. The first-order valence-electron chi connectivity index (χ1n) is 6.95. The maximum atomic E-state index is 13.1. The number of halogens is 2. The van der Waals surface area contributed by atoms with Crippen LogP contribution in [0.5, 0.6) is 5.75 Å². The van der Waals surface area contributed by atoms with Gasteiger partial charge in [-0.25, -0.2) is 8.78 Å². The van der Waals surface area contributed by atoms with Gasteiger partial charge in [-0.15, -0.1) is 0 Å². The molecule has 0 amide bonds. The molecule has 0 atom stereocenters. The van der Waals surface area contributed by atoms with Gasteiger partial charge in [0.2, 0.25) is 0 Å². The third-order valence-electron chi connectivity index (χ3n) is 2.91. The number of nitrogens with one attached hydrogen (secondary N) is 1. The first-order chi connectivity index (χ1) is 10.0. The molecule has 21 heavy (non-hydrogen) atoms. The molecule has 0 bridgehead atoms. The molecule has 112 valence electrons. The maximum Gasteiger partial charge on any atom is 0.159 e. The van der Waals surface area contributed by atoms with Crippen LogP contribution in [0.2, 0.25) is 0 Å². The number of hydrogen-bond acceptors (Lipinski definition) is 2. The molecule has 0 fully saturated rings. The summed E-state index contributed by atoms with van der Waals surface area (Å²) in [6.45, 7) is 5.07. The Labute approximate surface area is 123 Å². The lowest BCUT2D eigenvalue weighted by molar-refractivity contribution is 0.242. The van der Waals surface area contributed by atoms with Gasteiger partial charge in [-0.05, 0) is 49.2 Å². The molecule has 0 aliphatic rings. The van der Waals surface area contributed by atoms with E-state index >= 15 is 0 Å². The highest BCUT2D eigenvalue weighted by Crippen LogP contribution is 2.15. The summed E-state index contributed by atoms with van der Waals surface area (Å²) < 4.78 is 31.5. The Hall–Kier alpha value is -1.94. The smallest absolute Gasteiger partial charge is 0.159 e. The van der Waals surface area contributed by atoms with Crippen molar-refractivity contribution in [1.82, 2.24) is 5.32 Å². The molecule has 0 unspecified atom stereocenters. The van der Waals surface area contributed by atoms with Crippen LogP contribution in [-0.2, 0) is 13.1 Å². The molecule has 4 heteroatoms. The highest BCUT2D eigenvalue weighted by molar-refractivity contribution is 5.28. The third kappa shape index (κ3) is 4.83. The van der Waals surface area contributed by atoms with Crippen LogP contribution >= 0.6 is 0 Å². The highest BCUT2D eigenvalue weighted by atomic mass is 19.2. The summed E-state index contributed by atoms with van der Waals surface area (Å²) in [4.78, 5) is 0. The number of benzene rings is 2. The van der Waals surface area contributed by atoms with Crippen molar-refractivity contribution in [1.29, 1.82) is 0 Å². The lowest BCUT2D eigenvalue weighted by atomic mass is 10.2. The zero-order valence-corrected chi connectivity index (χ0v) is 12.2. The van der Waals surface area contributed by atoms with E-state index in [0.717, 1.165) is 17.4 Å². The molecular formula is C17H19F2NO. The Kier molecular flexibility index (Phi) is 5.28. The predicted molar refractivity (Wildman–Crippen MR) is 79.1 cm³/mol. The van der Waals surface area contributed by atoms with E-state index in [1.807, 2.05) is 38.1 Å². The molecule has 2 aromatic carbocycles. The molecule has 0 saturated heterocycles. The predicted octanol–water partition coefficient (Wildman–Crippen LogP) is 4.04. The van der Waals surface area contributed by atoms with Gasteiger partial charge in [0.1, 0.15) is 5.75 Å². The fraction of sp³-hybridized carbons (Fsp3) is 0.294. The second-order valence-corrected chi connectivity index (χ2v) is 5.17. The Morgan fingerprint density at radius 3 is 2.33 bits per heavy atom. The third-order valence-corrected chi connectivity index (χ3v) is 2.91. The summed E-state index contributed by atoms with van der Waals surface area (Å²) >= 11 is 0. The molecule has 0 saturated carbocycles. The van der Waals surface area contributed by atoms with E-state index in [1.165, 1.54) is 6.07 Å². The first kappa shape index (κ1) is 15.4. The standard InChI is InChI=1S/C17H19F2NO/c1-12(2)21-15-5-3-4-13(8-15)10-20-11-14-6-7-16(18)17(19)9-14/h3-9,12,20H,10-11H2,1-2H3. The van der Waals surface area contributed by atoms with Gasteiger partial charge in [-0.3, -0.25) is 0 Å². The van der Waals surface area contributed by atoms with Crippen LogP contribution < -0.4 is 10.1 Å². The molecule has 0 radical (unpaired) electrons. The number of hydrogen-bond donors (Lipinski definition) is 1. The van der Waals surface area contributed by atoms with Crippen LogP contribution in [0.3, 0.4) is 0 Å². The molecule has 0 heterocycles. The Bertz CT molecular complexity index is 599. The van der Waals surface area contributed by atoms with Gasteiger partial charge in [0, 0.05) is 13.1 Å². The van der Waals surface area contributed by atoms with E-state index in [1.54, 1.807) is 6.07 Å². The van der Waals surface area contributed by atoms with Crippen molar-refractivity contribution in [3.63, 3.8) is 0 Å². The summed E-state index contributed by atoms with van der Waals surface area (Å²) in [5.41, 5.74) is 1.79. The summed E-state index contributed by atoms with van der Waals surface area (Å²) in [6, 6.07) is 11.7. The number of rotatable bonds is 6. The summed E-state index contributed by atoms with van der Waals surface area (Å²) in [6.07, 6.45) is 0.135. The lowest BCUT2D eigenvalue weighted by Gasteiger charge is -2.11. The average Bonchev–Trinajstić information content (AvgIpc) is 2.42. The molecule has 2 rings (SSSR count). The molecule has 0 spiro atoms. The van der Waals surface area contributed by atoms with Crippen LogP contribution in [0.4, 0.5) is 8.78 Å². The second kappa shape index (κ2) is 7.18. The number of ether oxygens (including phenoxy) is 1. The lowest BCUT2D eigenvalue weighted by Crippen LogP contribution is -2.13. The van der Waals surface area contributed by atoms with Crippen molar-refractivity contribution in [2.24, 2.45) is 0 Å². The molecule has 2 nitrogen and oxygen atoms in total. The van der Waals surface area contributed by atoms with E-state index in [4.69, 9.17) is 4.74 Å². The van der Waals surface area contributed by atoms with Crippen LogP contribution in [-0.4, -0.2) is 6.10 Å². The fourth-order valence-electron chi connectivity index (χ4n) is 2.00. The van der Waals surface area contributed by atoms with Gasteiger partial charge in [-0.1, -0.05) is 18.2 Å². The van der Waals surface area contributed by atoms with Gasteiger partial charge >= 0.3 is 0 Å². The largest absolute Gasteiger partial charge is 0.491 e. The topological polar surface area (TPSA) is 21.3 Å². The van der Waals surface area contributed by atoms with Crippen LogP contribution in [0.25, 0.3) is 0 Å². The minimum absolute atomic E-state index is 0.135. The van der Waals surface area contributed by atoms with Crippen molar-refractivity contribution in [2.75, 3.05) is 0 Å². The molecular weight excluding hydrogens is 272 g/mol. The molecule has 1 N–H and O–H groups in total. The van der Waals surface area contributed by atoms with Crippen LogP contribution in [0, 0.1) is 11.6 Å². The van der Waals surface area contributed by atoms with E-state index in [9.17, 15) is 8.78 Å². The minimum atomic E-state index is -0.822. The van der Waals surface area contributed by atoms with Gasteiger partial charge in [0.25, 0.3) is 0 Å². The quantitative estimate of drug-likeness (QED) is 0.867. The van der Waals surface area contributed by atoms with Crippen molar-refractivity contribution < 1.29 is 13.5 Å². The Balaban J connectivity index is 1.89. The van der Waals surface area contributed by atoms with Crippen molar-refractivity contribution in [3.8, 4) is 5.75 Å². The second-order valence-electron chi connectivity index (χ2n) is 5.17. The summed E-state index contributed by atoms with van der Waals surface area (Å²) in [7, 11) is 0.